The number of carbonyl (C=O) groups is 1. The summed E-state index contributed by atoms with van der Waals surface area (Å²) in [6.45, 7) is 0.851. The molecule has 2 N–H and O–H groups in total. The van der Waals surface area contributed by atoms with Crippen LogP contribution in [0.2, 0.25) is 0 Å². The first-order valence-corrected chi connectivity index (χ1v) is 7.78. The van der Waals surface area contributed by atoms with Crippen LogP contribution in [0.3, 0.4) is 0 Å². The maximum Gasteiger partial charge on any atom is 0.335 e. The minimum absolute atomic E-state index is 0.0542. The van der Waals surface area contributed by atoms with Crippen molar-refractivity contribution in [1.82, 2.24) is 14.5 Å². The fraction of sp³-hybridized carbons (Fsp3) is 0.231. The van der Waals surface area contributed by atoms with Crippen LogP contribution in [0, 0.1) is 0 Å². The number of hydrogen-bond acceptors (Lipinski definition) is 4. The number of nitrogens with one attached hydrogen (secondary N) is 1. The summed E-state index contributed by atoms with van der Waals surface area (Å²) in [5.74, 6) is -1.16. The monoisotopic (exact) mass is 309 g/mol. The molecule has 0 aliphatic rings. The fourth-order valence-electron chi connectivity index (χ4n) is 1.76. The lowest BCUT2D eigenvalue weighted by Crippen LogP contribution is -2.25. The van der Waals surface area contributed by atoms with Crippen LogP contribution < -0.4 is 4.72 Å². The van der Waals surface area contributed by atoms with Gasteiger partial charge in [0.1, 0.15) is 0 Å². The van der Waals surface area contributed by atoms with E-state index >= 15 is 0 Å². The second-order valence-corrected chi connectivity index (χ2v) is 6.12. The number of aromatic nitrogens is 2. The van der Waals surface area contributed by atoms with Crippen LogP contribution in [0.15, 0.2) is 47.6 Å². The number of aromatic carboxylic acids is 1. The average molecular weight is 309 g/mol. The molecule has 0 amide bonds. The Balaban J connectivity index is 1.95. The molecular weight excluding hydrogens is 294 g/mol. The Kier molecular flexibility index (Phi) is 4.71. The molecular formula is C13H15N3O4S. The largest absolute Gasteiger partial charge is 0.478 e. The summed E-state index contributed by atoms with van der Waals surface area (Å²) in [6.07, 6.45) is 4.03. The normalized spacial score (nSPS) is 11.4. The molecule has 0 saturated heterocycles. The van der Waals surface area contributed by atoms with Crippen LogP contribution in [0.1, 0.15) is 16.8 Å². The molecule has 0 aliphatic carbocycles. The summed E-state index contributed by atoms with van der Waals surface area (Å²) < 4.78 is 28.2. The van der Waals surface area contributed by atoms with Crippen molar-refractivity contribution in [2.45, 2.75) is 17.9 Å². The molecule has 21 heavy (non-hydrogen) atoms. The zero-order valence-electron chi connectivity index (χ0n) is 11.1. The van der Waals surface area contributed by atoms with Crippen molar-refractivity contribution in [1.29, 1.82) is 0 Å². The molecule has 0 aliphatic heterocycles. The Morgan fingerprint density at radius 2 is 2.14 bits per heavy atom. The smallest absolute Gasteiger partial charge is 0.335 e. The number of nitrogens with zero attached hydrogens (tertiary/aromatic N) is 2. The van der Waals surface area contributed by atoms with Gasteiger partial charge >= 0.3 is 5.97 Å². The number of carboxylic acids is 1. The van der Waals surface area contributed by atoms with Crippen molar-refractivity contribution < 1.29 is 18.3 Å². The van der Waals surface area contributed by atoms with Gasteiger partial charge in [0.2, 0.25) is 10.0 Å². The van der Waals surface area contributed by atoms with Gasteiger partial charge in [-0.15, -0.1) is 0 Å². The summed E-state index contributed by atoms with van der Waals surface area (Å²) >= 11 is 0. The summed E-state index contributed by atoms with van der Waals surface area (Å²) in [5.41, 5.74) is -0.0607. The van der Waals surface area contributed by atoms with Crippen molar-refractivity contribution in [3.63, 3.8) is 0 Å². The topological polar surface area (TPSA) is 101 Å². The third kappa shape index (κ3) is 4.14. The summed E-state index contributed by atoms with van der Waals surface area (Å²) in [5, 5.41) is 12.9. The van der Waals surface area contributed by atoms with Gasteiger partial charge in [-0.1, -0.05) is 6.07 Å². The molecule has 1 aromatic carbocycles. The molecule has 0 fully saturated rings. The van der Waals surface area contributed by atoms with Gasteiger partial charge in [-0.25, -0.2) is 17.9 Å². The van der Waals surface area contributed by atoms with Crippen molar-refractivity contribution in [3.05, 3.63) is 48.3 Å². The van der Waals surface area contributed by atoms with E-state index in [1.54, 1.807) is 23.1 Å². The Labute approximate surface area is 122 Å². The van der Waals surface area contributed by atoms with Crippen molar-refractivity contribution >= 4 is 16.0 Å². The van der Waals surface area contributed by atoms with Gasteiger partial charge in [0.25, 0.3) is 0 Å². The Bertz CT molecular complexity index is 711. The van der Waals surface area contributed by atoms with E-state index < -0.39 is 16.0 Å². The number of hydrogen-bond donors (Lipinski definition) is 2. The molecule has 0 radical (unpaired) electrons. The molecule has 1 aromatic heterocycles. The molecule has 8 heteroatoms. The minimum Gasteiger partial charge on any atom is -0.478 e. The highest BCUT2D eigenvalue weighted by atomic mass is 32.2. The molecule has 7 nitrogen and oxygen atoms in total. The molecule has 1 heterocycles. The zero-order valence-corrected chi connectivity index (χ0v) is 12.0. The van der Waals surface area contributed by atoms with Crippen LogP contribution in [-0.4, -0.2) is 35.8 Å². The Morgan fingerprint density at radius 3 is 2.81 bits per heavy atom. The highest BCUT2D eigenvalue weighted by Gasteiger charge is 2.15. The number of aryl methyl sites for hydroxylation is 1. The van der Waals surface area contributed by atoms with E-state index in [4.69, 9.17) is 5.11 Å². The lowest BCUT2D eigenvalue weighted by molar-refractivity contribution is 0.0696. The van der Waals surface area contributed by atoms with E-state index in [1.165, 1.54) is 18.2 Å². The Hall–Kier alpha value is -2.19. The standard InChI is InChI=1S/C13H15N3O4S/c17-13(18)11-4-1-5-12(10-11)21(19,20)15-7-3-9-16-8-2-6-14-16/h1-2,4-6,8,10,15H,3,7,9H2,(H,17,18). The fourth-order valence-corrected chi connectivity index (χ4v) is 2.88. The lowest BCUT2D eigenvalue weighted by atomic mass is 10.2. The summed E-state index contributed by atoms with van der Waals surface area (Å²) in [6, 6.07) is 7.04. The molecule has 0 unspecified atom stereocenters. The lowest BCUT2D eigenvalue weighted by Gasteiger charge is -2.07. The van der Waals surface area contributed by atoms with Crippen molar-refractivity contribution in [2.75, 3.05) is 6.54 Å². The number of benzene rings is 1. The maximum absolute atomic E-state index is 12.0. The first-order chi connectivity index (χ1) is 9.99. The van der Waals surface area contributed by atoms with Gasteiger partial charge in [-0.05, 0) is 30.7 Å². The molecule has 2 rings (SSSR count). The molecule has 2 aromatic rings. The van der Waals surface area contributed by atoms with Gasteiger partial charge in [0.15, 0.2) is 0 Å². The highest BCUT2D eigenvalue weighted by Crippen LogP contribution is 2.11. The third-order valence-corrected chi connectivity index (χ3v) is 4.27. The molecule has 0 bridgehead atoms. The summed E-state index contributed by atoms with van der Waals surface area (Å²) in [4.78, 5) is 10.8. The zero-order chi connectivity index (χ0) is 15.3. The van der Waals surface area contributed by atoms with Crippen molar-refractivity contribution in [2.24, 2.45) is 0 Å². The number of carboxylic acid groups (broad SMARTS) is 1. The van der Waals surface area contributed by atoms with Gasteiger partial charge < -0.3 is 5.11 Å². The highest BCUT2D eigenvalue weighted by molar-refractivity contribution is 7.89. The predicted molar refractivity (Wildman–Crippen MR) is 75.4 cm³/mol. The number of rotatable bonds is 7. The van der Waals surface area contributed by atoms with Gasteiger partial charge in [-0.3, -0.25) is 4.68 Å². The second kappa shape index (κ2) is 6.51. The van der Waals surface area contributed by atoms with Crippen LogP contribution in [0.4, 0.5) is 0 Å². The SMILES string of the molecule is O=C(O)c1cccc(S(=O)(=O)NCCCn2cccn2)c1. The van der Waals surface area contributed by atoms with E-state index in [2.05, 4.69) is 9.82 Å². The predicted octanol–water partition coefficient (Wildman–Crippen LogP) is 0.950. The summed E-state index contributed by atoms with van der Waals surface area (Å²) in [7, 11) is -3.70. The van der Waals surface area contributed by atoms with Crippen LogP contribution in [-0.2, 0) is 16.6 Å². The van der Waals surface area contributed by atoms with E-state index in [-0.39, 0.29) is 17.0 Å². The first kappa shape index (κ1) is 15.2. The third-order valence-electron chi connectivity index (χ3n) is 2.81. The molecule has 0 atom stereocenters. The number of sulfonamides is 1. The average Bonchev–Trinajstić information content (AvgIpc) is 2.97. The molecule has 112 valence electrons. The maximum atomic E-state index is 12.0. The minimum atomic E-state index is -3.70. The molecule has 0 spiro atoms. The second-order valence-electron chi connectivity index (χ2n) is 4.35. The van der Waals surface area contributed by atoms with Crippen LogP contribution in [0.5, 0.6) is 0 Å². The van der Waals surface area contributed by atoms with Crippen molar-refractivity contribution in [3.8, 4) is 0 Å². The van der Waals surface area contributed by atoms with E-state index in [0.717, 1.165) is 6.07 Å². The van der Waals surface area contributed by atoms with E-state index in [1.807, 2.05) is 0 Å². The van der Waals surface area contributed by atoms with E-state index in [0.29, 0.717) is 13.0 Å². The Morgan fingerprint density at radius 1 is 1.33 bits per heavy atom. The first-order valence-electron chi connectivity index (χ1n) is 6.29. The van der Waals surface area contributed by atoms with Gasteiger partial charge in [-0.2, -0.15) is 5.10 Å². The quantitative estimate of drug-likeness (QED) is 0.742. The van der Waals surface area contributed by atoms with Gasteiger partial charge in [0, 0.05) is 25.5 Å². The van der Waals surface area contributed by atoms with E-state index in [9.17, 15) is 13.2 Å². The van der Waals surface area contributed by atoms with Gasteiger partial charge in [0.05, 0.1) is 10.5 Å². The molecule has 0 saturated carbocycles. The van der Waals surface area contributed by atoms with Crippen LogP contribution >= 0.6 is 0 Å². The van der Waals surface area contributed by atoms with Crippen LogP contribution in [0.25, 0.3) is 0 Å².